The van der Waals surface area contributed by atoms with E-state index in [-0.39, 0.29) is 0 Å². The second-order valence-electron chi connectivity index (χ2n) is 3.43. The zero-order chi connectivity index (χ0) is 10.7. The van der Waals surface area contributed by atoms with Crippen LogP contribution in [0.3, 0.4) is 0 Å². The summed E-state index contributed by atoms with van der Waals surface area (Å²) in [6, 6.07) is 0. The molecule has 0 atom stereocenters. The monoisotopic (exact) mass is 224 g/mol. The van der Waals surface area contributed by atoms with Gasteiger partial charge in [0.1, 0.15) is 6.26 Å². The predicted octanol–water partition coefficient (Wildman–Crippen LogP) is 3.08. The zero-order valence-corrected chi connectivity index (χ0v) is 9.45. The van der Waals surface area contributed by atoms with Crippen molar-refractivity contribution in [2.75, 3.05) is 0 Å². The third-order valence-electron chi connectivity index (χ3n) is 1.91. The summed E-state index contributed by atoms with van der Waals surface area (Å²) < 4.78 is 10.4. The summed E-state index contributed by atoms with van der Waals surface area (Å²) in [7, 11) is 0. The van der Waals surface area contributed by atoms with E-state index in [9.17, 15) is 0 Å². The number of hydrogen-bond donors (Lipinski definition) is 0. The van der Waals surface area contributed by atoms with Gasteiger partial charge in [-0.15, -0.1) is 0 Å². The van der Waals surface area contributed by atoms with Crippen LogP contribution < -0.4 is 0 Å². The van der Waals surface area contributed by atoms with Crippen molar-refractivity contribution in [3.05, 3.63) is 30.4 Å². The number of oxazole rings is 2. The summed E-state index contributed by atoms with van der Waals surface area (Å²) in [5.41, 5.74) is 0.989. The number of rotatable bonds is 4. The van der Waals surface area contributed by atoms with Gasteiger partial charge in [-0.25, -0.2) is 9.97 Å². The first kappa shape index (κ1) is 10.3. The van der Waals surface area contributed by atoms with E-state index in [2.05, 4.69) is 23.8 Å². The maximum atomic E-state index is 5.33. The highest BCUT2D eigenvalue weighted by molar-refractivity contribution is 7.98. The van der Waals surface area contributed by atoms with Crippen LogP contribution in [0.1, 0.15) is 31.4 Å². The fourth-order valence-electron chi connectivity index (χ4n) is 1.06. The fourth-order valence-corrected chi connectivity index (χ4v) is 1.71. The van der Waals surface area contributed by atoms with E-state index in [0.717, 1.165) is 16.7 Å². The molecule has 0 aliphatic heterocycles. The lowest BCUT2D eigenvalue weighted by molar-refractivity contribution is 0.468. The highest BCUT2D eigenvalue weighted by Crippen LogP contribution is 2.22. The van der Waals surface area contributed by atoms with Crippen LogP contribution in [0.5, 0.6) is 0 Å². The molecule has 0 aliphatic rings. The molecule has 0 aliphatic carbocycles. The molecule has 0 N–H and O–H groups in total. The first-order chi connectivity index (χ1) is 7.25. The molecule has 2 aromatic heterocycles. The Kier molecular flexibility index (Phi) is 3.11. The van der Waals surface area contributed by atoms with Crippen LogP contribution in [0.25, 0.3) is 0 Å². The first-order valence-corrected chi connectivity index (χ1v) is 5.70. The summed E-state index contributed by atoms with van der Waals surface area (Å²) in [6.45, 7) is 4.18. The third kappa shape index (κ3) is 2.62. The molecular weight excluding hydrogens is 212 g/mol. The second kappa shape index (κ2) is 4.53. The van der Waals surface area contributed by atoms with Crippen LogP contribution >= 0.6 is 11.8 Å². The summed E-state index contributed by atoms with van der Waals surface area (Å²) in [6.07, 6.45) is 4.80. The molecule has 0 bridgehead atoms. The van der Waals surface area contributed by atoms with Gasteiger partial charge in [-0.2, -0.15) is 0 Å². The Hall–Kier alpha value is -1.23. The van der Waals surface area contributed by atoms with Crippen molar-refractivity contribution in [2.45, 2.75) is 30.6 Å². The van der Waals surface area contributed by atoms with Crippen LogP contribution in [0, 0.1) is 0 Å². The summed E-state index contributed by atoms with van der Waals surface area (Å²) in [4.78, 5) is 8.19. The second-order valence-corrected chi connectivity index (χ2v) is 4.41. The maximum absolute atomic E-state index is 5.33. The number of aromatic nitrogens is 2. The van der Waals surface area contributed by atoms with Crippen molar-refractivity contribution in [3.63, 3.8) is 0 Å². The lowest BCUT2D eigenvalue weighted by atomic mass is 10.2. The highest BCUT2D eigenvalue weighted by atomic mass is 32.2. The van der Waals surface area contributed by atoms with E-state index in [4.69, 9.17) is 8.83 Å². The van der Waals surface area contributed by atoms with Crippen LogP contribution in [-0.4, -0.2) is 9.97 Å². The summed E-state index contributed by atoms with van der Waals surface area (Å²) in [5, 5.41) is 0.777. The van der Waals surface area contributed by atoms with Crippen molar-refractivity contribution in [2.24, 2.45) is 0 Å². The Balaban J connectivity index is 1.94. The van der Waals surface area contributed by atoms with Gasteiger partial charge in [0.25, 0.3) is 0 Å². The summed E-state index contributed by atoms with van der Waals surface area (Å²) in [5.74, 6) is 1.79. The molecule has 0 saturated heterocycles. The van der Waals surface area contributed by atoms with Gasteiger partial charge in [0.05, 0.1) is 17.6 Å². The molecule has 80 valence electrons. The third-order valence-corrected chi connectivity index (χ3v) is 2.79. The molecule has 0 spiro atoms. The zero-order valence-electron chi connectivity index (χ0n) is 8.64. The smallest absolute Gasteiger partial charge is 0.204 e. The van der Waals surface area contributed by atoms with Gasteiger partial charge < -0.3 is 8.83 Å². The van der Waals surface area contributed by atoms with Gasteiger partial charge in [-0.05, 0) is 5.92 Å². The molecular formula is C10H12N2O2S. The lowest BCUT2D eigenvalue weighted by Crippen LogP contribution is -1.87. The standard InChI is InChI=1S/C10H12N2O2S/c1-7(2)8-4-13-9(12-8)5-15-10-3-11-6-14-10/h3-4,6-7H,5H2,1-2H3. The first-order valence-electron chi connectivity index (χ1n) is 4.71. The van der Waals surface area contributed by atoms with Crippen molar-refractivity contribution in [1.29, 1.82) is 0 Å². The normalized spacial score (nSPS) is 11.1. The molecule has 4 nitrogen and oxygen atoms in total. The molecule has 2 aromatic rings. The van der Waals surface area contributed by atoms with Crippen molar-refractivity contribution in [3.8, 4) is 0 Å². The fraction of sp³-hybridized carbons (Fsp3) is 0.400. The van der Waals surface area contributed by atoms with Gasteiger partial charge in [-0.1, -0.05) is 25.6 Å². The molecule has 0 amide bonds. The van der Waals surface area contributed by atoms with Crippen molar-refractivity contribution in [1.82, 2.24) is 9.97 Å². The van der Waals surface area contributed by atoms with Gasteiger partial charge in [0.2, 0.25) is 5.89 Å². The Labute approximate surface area is 92.1 Å². The average molecular weight is 224 g/mol. The van der Waals surface area contributed by atoms with Crippen molar-refractivity contribution >= 4 is 11.8 Å². The molecule has 0 aromatic carbocycles. The minimum absolute atomic E-state index is 0.401. The van der Waals surface area contributed by atoms with E-state index in [1.165, 1.54) is 18.2 Å². The van der Waals surface area contributed by atoms with E-state index in [1.54, 1.807) is 12.5 Å². The molecule has 5 heteroatoms. The molecule has 0 unspecified atom stereocenters. The van der Waals surface area contributed by atoms with Gasteiger partial charge in [0.15, 0.2) is 11.5 Å². The average Bonchev–Trinajstić information content (AvgIpc) is 2.86. The van der Waals surface area contributed by atoms with Gasteiger partial charge >= 0.3 is 0 Å². The Morgan fingerprint density at radius 3 is 2.87 bits per heavy atom. The quantitative estimate of drug-likeness (QED) is 0.747. The largest absolute Gasteiger partial charge is 0.448 e. The van der Waals surface area contributed by atoms with E-state index >= 15 is 0 Å². The van der Waals surface area contributed by atoms with Crippen molar-refractivity contribution < 1.29 is 8.83 Å². The van der Waals surface area contributed by atoms with Crippen LogP contribution in [0.2, 0.25) is 0 Å². The minimum atomic E-state index is 0.401. The Morgan fingerprint density at radius 1 is 1.40 bits per heavy atom. The van der Waals surface area contributed by atoms with Crippen LogP contribution in [0.4, 0.5) is 0 Å². The predicted molar refractivity (Wildman–Crippen MR) is 56.7 cm³/mol. The number of thioether (sulfide) groups is 1. The van der Waals surface area contributed by atoms with Crippen LogP contribution in [-0.2, 0) is 5.75 Å². The molecule has 0 radical (unpaired) electrons. The molecule has 15 heavy (non-hydrogen) atoms. The SMILES string of the molecule is CC(C)c1coc(CSc2cnco2)n1. The van der Waals surface area contributed by atoms with Crippen LogP contribution in [0.15, 0.2) is 32.8 Å². The Morgan fingerprint density at radius 2 is 2.27 bits per heavy atom. The molecule has 2 rings (SSSR count). The number of hydrogen-bond acceptors (Lipinski definition) is 5. The maximum Gasteiger partial charge on any atom is 0.204 e. The minimum Gasteiger partial charge on any atom is -0.448 e. The van der Waals surface area contributed by atoms with E-state index in [0.29, 0.717) is 11.7 Å². The van der Waals surface area contributed by atoms with E-state index in [1.807, 2.05) is 0 Å². The molecule has 0 fully saturated rings. The Bertz CT molecular complexity index is 409. The topological polar surface area (TPSA) is 52.1 Å². The molecule has 2 heterocycles. The van der Waals surface area contributed by atoms with Gasteiger partial charge in [0, 0.05) is 0 Å². The summed E-state index contributed by atoms with van der Waals surface area (Å²) >= 11 is 1.52. The highest BCUT2D eigenvalue weighted by Gasteiger charge is 2.08. The number of nitrogens with zero attached hydrogens (tertiary/aromatic N) is 2. The molecule has 0 saturated carbocycles. The van der Waals surface area contributed by atoms with E-state index < -0.39 is 0 Å². The lowest BCUT2D eigenvalue weighted by Gasteiger charge is -1.94. The van der Waals surface area contributed by atoms with Gasteiger partial charge in [-0.3, -0.25) is 0 Å².